The maximum absolute atomic E-state index is 7.58. The molecule has 0 radical (unpaired) electrons. The van der Waals surface area contributed by atoms with E-state index in [2.05, 4.69) is 470 Å². The van der Waals surface area contributed by atoms with Crippen LogP contribution in [0.4, 0.5) is 51.2 Å². The third-order valence-corrected chi connectivity index (χ3v) is 27.0. The molecule has 16 aromatic rings. The average molecular weight is 1620 g/mol. The zero-order valence-corrected chi connectivity index (χ0v) is 74.5. The summed E-state index contributed by atoms with van der Waals surface area (Å²) in [5, 5.41) is 0. The average Bonchev–Trinajstić information content (AvgIpc) is 0.700. The van der Waals surface area contributed by atoms with E-state index in [0.717, 1.165) is 124 Å². The van der Waals surface area contributed by atoms with E-state index >= 15 is 0 Å². The van der Waals surface area contributed by atoms with Crippen LogP contribution in [0.1, 0.15) is 132 Å². The Hall–Kier alpha value is -13.0. The van der Waals surface area contributed by atoms with Crippen molar-refractivity contribution < 1.29 is 9.47 Å². The fourth-order valence-corrected chi connectivity index (χ4v) is 20.4. The second-order valence-electron chi connectivity index (χ2n) is 39.3. The highest BCUT2D eigenvalue weighted by molar-refractivity contribution is 8.00. The van der Waals surface area contributed by atoms with Crippen LogP contribution in [0.25, 0.3) is 66.8 Å². The Morgan fingerprint density at radius 3 is 1.03 bits per heavy atom. The number of rotatable bonds is 13. The number of fused-ring (bicyclic) bond motifs is 8. The van der Waals surface area contributed by atoms with Gasteiger partial charge in [0.05, 0.1) is 0 Å². The monoisotopic (exact) mass is 1620 g/mol. The highest BCUT2D eigenvalue weighted by atomic mass is 32.2. The molecule has 606 valence electrons. The molecule has 0 aromatic heterocycles. The molecule has 0 amide bonds. The van der Waals surface area contributed by atoms with Crippen molar-refractivity contribution in [2.75, 3.05) is 14.7 Å². The van der Waals surface area contributed by atoms with E-state index in [1.165, 1.54) is 87.4 Å². The maximum Gasteiger partial charge on any atom is 0.260 e. The summed E-state index contributed by atoms with van der Waals surface area (Å²) in [5.41, 5.74) is 36.4. The lowest BCUT2D eigenvalue weighted by molar-refractivity contribution is 0.465. The lowest BCUT2D eigenvalue weighted by atomic mass is 9.34. The van der Waals surface area contributed by atoms with Gasteiger partial charge in [-0.15, -0.1) is 0 Å². The van der Waals surface area contributed by atoms with Crippen molar-refractivity contribution in [3.8, 4) is 89.8 Å². The van der Waals surface area contributed by atoms with E-state index in [0.29, 0.717) is 0 Å². The largest absolute Gasteiger partial charge is 0.458 e. The van der Waals surface area contributed by atoms with E-state index in [-0.39, 0.29) is 40.5 Å². The third kappa shape index (κ3) is 14.5. The molecule has 4 aliphatic rings. The van der Waals surface area contributed by atoms with Gasteiger partial charge in [-0.3, -0.25) is 0 Å². The smallest absolute Gasteiger partial charge is 0.260 e. The van der Waals surface area contributed by atoms with Gasteiger partial charge in [0.15, 0.2) is 0 Å². The summed E-state index contributed by atoms with van der Waals surface area (Å²) in [6.45, 7) is 34.1. The van der Waals surface area contributed by atoms with Gasteiger partial charge in [0, 0.05) is 66.4 Å². The summed E-state index contributed by atoms with van der Waals surface area (Å²) >= 11 is 1.88. The molecule has 0 saturated heterocycles. The predicted octanol–water partition coefficient (Wildman–Crippen LogP) is 28.6. The lowest BCUT2D eigenvalue weighted by Crippen LogP contribution is -2.59. The Morgan fingerprint density at radius 1 is 0.242 bits per heavy atom. The third-order valence-electron chi connectivity index (χ3n) is 25.8. The van der Waals surface area contributed by atoms with Gasteiger partial charge in [-0.1, -0.05) is 352 Å². The quantitative estimate of drug-likeness (QED) is 0.107. The van der Waals surface area contributed by atoms with Gasteiger partial charge < -0.3 is 24.2 Å². The molecule has 0 saturated carbocycles. The fourth-order valence-electron chi connectivity index (χ4n) is 19.2. The molecular formula is C116H103B2N3O2S. The van der Waals surface area contributed by atoms with Crippen LogP contribution in [0.15, 0.2) is 362 Å². The van der Waals surface area contributed by atoms with Crippen molar-refractivity contribution in [1.29, 1.82) is 0 Å². The van der Waals surface area contributed by atoms with Crippen LogP contribution in [0.5, 0.6) is 23.0 Å². The molecule has 0 spiro atoms. The number of hydrogen-bond donors (Lipinski definition) is 0. The molecule has 20 rings (SSSR count). The highest BCUT2D eigenvalue weighted by Gasteiger charge is 2.45. The number of hydrogen-bond acceptors (Lipinski definition) is 6. The zero-order chi connectivity index (χ0) is 85.5. The molecule has 8 heteroatoms. The number of nitrogens with zero attached hydrogens (tertiary/aromatic N) is 3. The minimum Gasteiger partial charge on any atom is -0.458 e. The Bertz CT molecular complexity index is 6560. The summed E-state index contributed by atoms with van der Waals surface area (Å²) in [7, 11) is 0. The van der Waals surface area contributed by atoms with E-state index in [9.17, 15) is 0 Å². The molecule has 0 fully saturated rings. The van der Waals surface area contributed by atoms with E-state index in [1.807, 2.05) is 11.8 Å². The number of ether oxygens (including phenoxy) is 2. The van der Waals surface area contributed by atoms with Crippen LogP contribution in [0.3, 0.4) is 0 Å². The first-order valence-electron chi connectivity index (χ1n) is 43.9. The van der Waals surface area contributed by atoms with Crippen LogP contribution in [-0.4, -0.2) is 13.4 Å². The van der Waals surface area contributed by atoms with E-state index in [4.69, 9.17) is 9.47 Å². The Morgan fingerprint density at radius 2 is 0.613 bits per heavy atom. The standard InChI is InChI=1S/C116H103B2N3O2S/c1-112(2,3)81-41-49-85(50-42-81)119(86-51-43-82(44-52-86)113(4,5)6)90-58-61-98-102(72-90)121(89-57-60-97(116(13,14)15)96(71-89)76-33-23-18-24-34-76)103-67-79(70-109-110(103)117(98)99-62-59-91(73-108(99)124-109)120(87-53-45-83(46-54-87)114(7,8)9)88-55-47-84(48-56-88)115(10,11)12)80-68-106-111-107(69-80)123-105-64-40-78(95-38-28-26-36-93(95)75-31-21-17-22-32-75)66-101(105)118(111)100-65-77(39-63-104(100)122-106)94-37-27-25-35-92(94)74-29-19-16-20-30-74/h16-73H,1-15H3. The normalized spacial score (nSPS) is 13.2. The molecule has 16 aromatic carbocycles. The zero-order valence-electron chi connectivity index (χ0n) is 73.7. The van der Waals surface area contributed by atoms with Crippen LogP contribution in [0, 0.1) is 0 Å². The van der Waals surface area contributed by atoms with Crippen LogP contribution < -0.4 is 57.0 Å². The SMILES string of the molecule is CC(C)(C)c1ccc(N(c2ccc(C(C)(C)C)cc2)c2ccc3c(c2)Sc2cc(-c4cc5c6c(c4)Oc4ccc(-c7ccccc7-c7ccccc7)cc4B6c4cc(-c6ccccc6-c6ccccc6)ccc4O5)cc4c2B3c2ccc(N(c3ccc(C(C)(C)C)cc3)c3ccc(C(C)(C)C)cc3)cc2N4c2ccc(C(C)(C)C)c(-c3ccccc3)c2)cc1. The number of anilines is 9. The summed E-state index contributed by atoms with van der Waals surface area (Å²) in [6, 6.07) is 132. The maximum atomic E-state index is 7.58. The lowest BCUT2D eigenvalue weighted by Gasteiger charge is -2.42. The minimum atomic E-state index is -0.262. The van der Waals surface area contributed by atoms with Gasteiger partial charge in [0.2, 0.25) is 6.71 Å². The van der Waals surface area contributed by atoms with Gasteiger partial charge in [-0.25, -0.2) is 0 Å². The van der Waals surface area contributed by atoms with Crippen LogP contribution in [-0.2, 0) is 27.1 Å². The van der Waals surface area contributed by atoms with Crippen molar-refractivity contribution >= 4 is 109 Å². The first kappa shape index (κ1) is 79.5. The van der Waals surface area contributed by atoms with Gasteiger partial charge >= 0.3 is 0 Å². The summed E-state index contributed by atoms with van der Waals surface area (Å²) < 4.78 is 15.2. The second-order valence-corrected chi connectivity index (χ2v) is 40.4. The highest BCUT2D eigenvalue weighted by Crippen LogP contribution is 2.52. The molecule has 5 nitrogen and oxygen atoms in total. The molecule has 0 N–H and O–H groups in total. The Kier molecular flexibility index (Phi) is 19.5. The number of benzene rings is 16. The summed E-state index contributed by atoms with van der Waals surface area (Å²) in [4.78, 5) is 9.92. The molecule has 4 heterocycles. The first-order valence-corrected chi connectivity index (χ1v) is 44.7. The molecule has 0 aliphatic carbocycles. The van der Waals surface area contributed by atoms with E-state index < -0.39 is 0 Å². The predicted molar refractivity (Wildman–Crippen MR) is 530 cm³/mol. The molecule has 124 heavy (non-hydrogen) atoms. The van der Waals surface area contributed by atoms with Crippen molar-refractivity contribution in [3.63, 3.8) is 0 Å². The van der Waals surface area contributed by atoms with Crippen molar-refractivity contribution in [1.82, 2.24) is 0 Å². The van der Waals surface area contributed by atoms with Gasteiger partial charge in [0.1, 0.15) is 23.0 Å². The van der Waals surface area contributed by atoms with Gasteiger partial charge in [0.25, 0.3) is 6.71 Å². The second kappa shape index (κ2) is 30.5. The Labute approximate surface area is 738 Å². The minimum absolute atomic E-state index is 0.0238. The van der Waals surface area contributed by atoms with Crippen LogP contribution in [0.2, 0.25) is 0 Å². The Balaban J connectivity index is 0.826. The summed E-state index contributed by atoms with van der Waals surface area (Å²) in [5.74, 6) is 3.17. The molecule has 0 atom stereocenters. The van der Waals surface area contributed by atoms with Gasteiger partial charge in [-0.05, 0) is 265 Å². The summed E-state index contributed by atoms with van der Waals surface area (Å²) in [6.07, 6.45) is 0. The van der Waals surface area contributed by atoms with Crippen molar-refractivity contribution in [3.05, 3.63) is 380 Å². The van der Waals surface area contributed by atoms with Crippen LogP contribution >= 0.6 is 11.8 Å². The fraction of sp³-hybridized carbons (Fsp3) is 0.172. The molecular weight excluding hydrogens is 1520 g/mol. The topological polar surface area (TPSA) is 28.2 Å². The van der Waals surface area contributed by atoms with Crippen molar-refractivity contribution in [2.24, 2.45) is 0 Å². The van der Waals surface area contributed by atoms with E-state index in [1.54, 1.807) is 0 Å². The van der Waals surface area contributed by atoms with Crippen molar-refractivity contribution in [2.45, 2.75) is 141 Å². The molecule has 4 aliphatic heterocycles. The molecule has 0 bridgehead atoms. The molecule has 0 unspecified atom stereocenters. The van der Waals surface area contributed by atoms with Gasteiger partial charge in [-0.2, -0.15) is 0 Å². The first-order chi connectivity index (χ1) is 59.6.